The van der Waals surface area contributed by atoms with Gasteiger partial charge in [-0.05, 0) is 19.1 Å². The van der Waals surface area contributed by atoms with Gasteiger partial charge in [-0.15, -0.1) is 0 Å². The van der Waals surface area contributed by atoms with E-state index in [1.807, 2.05) is 19.2 Å². The van der Waals surface area contributed by atoms with E-state index in [0.29, 0.717) is 17.4 Å². The van der Waals surface area contributed by atoms with E-state index in [-0.39, 0.29) is 0 Å². The summed E-state index contributed by atoms with van der Waals surface area (Å²) in [7, 11) is 0. The number of nitrogens with two attached hydrogens (primary N) is 1. The van der Waals surface area contributed by atoms with E-state index >= 15 is 0 Å². The molecule has 2 aromatic rings. The van der Waals surface area contributed by atoms with Crippen LogP contribution in [0.3, 0.4) is 0 Å². The van der Waals surface area contributed by atoms with Crippen LogP contribution in [0.2, 0.25) is 5.02 Å². The van der Waals surface area contributed by atoms with Crippen molar-refractivity contribution < 1.29 is 0 Å². The number of rotatable bonds is 2. The van der Waals surface area contributed by atoms with Gasteiger partial charge in [-0.25, -0.2) is 0 Å². The molecular formula is C10H11ClN4. The number of halogens is 1. The monoisotopic (exact) mass is 222 g/mol. The Bertz CT molecular complexity index is 459. The van der Waals surface area contributed by atoms with Crippen molar-refractivity contribution >= 4 is 17.4 Å². The van der Waals surface area contributed by atoms with Crippen LogP contribution in [0.4, 0.5) is 5.82 Å². The highest BCUT2D eigenvalue weighted by molar-refractivity contribution is 6.31. The summed E-state index contributed by atoms with van der Waals surface area (Å²) in [5.74, 6) is 0.544. The van der Waals surface area contributed by atoms with Crippen LogP contribution in [0, 0.1) is 6.92 Å². The van der Waals surface area contributed by atoms with Crippen LogP contribution in [0.25, 0.3) is 0 Å². The topological polar surface area (TPSA) is 56.7 Å². The smallest absolute Gasteiger partial charge is 0.148 e. The molecule has 5 heteroatoms. The van der Waals surface area contributed by atoms with Crippen molar-refractivity contribution in [3.05, 3.63) is 40.8 Å². The number of nitrogen functional groups attached to an aromatic ring is 1. The Hall–Kier alpha value is -1.55. The Labute approximate surface area is 92.7 Å². The lowest BCUT2D eigenvalue weighted by atomic mass is 10.3. The zero-order valence-electron chi connectivity index (χ0n) is 8.31. The molecule has 78 valence electrons. The van der Waals surface area contributed by atoms with E-state index in [1.54, 1.807) is 16.9 Å². The SMILES string of the molecule is Cc1cn(Cc2ncccc2Cl)nc1N. The van der Waals surface area contributed by atoms with E-state index in [1.165, 1.54) is 0 Å². The average molecular weight is 223 g/mol. The van der Waals surface area contributed by atoms with Crippen LogP contribution in [-0.2, 0) is 6.54 Å². The summed E-state index contributed by atoms with van der Waals surface area (Å²) in [6.45, 7) is 2.45. The van der Waals surface area contributed by atoms with Gasteiger partial charge in [0.25, 0.3) is 0 Å². The molecule has 0 aliphatic carbocycles. The van der Waals surface area contributed by atoms with Gasteiger partial charge in [0.15, 0.2) is 0 Å². The van der Waals surface area contributed by atoms with Gasteiger partial charge in [0.2, 0.25) is 0 Å². The van der Waals surface area contributed by atoms with Crippen molar-refractivity contribution in [1.29, 1.82) is 0 Å². The fourth-order valence-electron chi connectivity index (χ4n) is 1.30. The lowest BCUT2D eigenvalue weighted by Crippen LogP contribution is -2.03. The molecule has 4 nitrogen and oxygen atoms in total. The van der Waals surface area contributed by atoms with Gasteiger partial charge in [0.05, 0.1) is 17.3 Å². The molecule has 0 fully saturated rings. The van der Waals surface area contributed by atoms with Crippen molar-refractivity contribution in [1.82, 2.24) is 14.8 Å². The third-order valence-corrected chi connectivity index (χ3v) is 2.47. The number of pyridine rings is 1. The lowest BCUT2D eigenvalue weighted by Gasteiger charge is -2.02. The summed E-state index contributed by atoms with van der Waals surface area (Å²) in [6.07, 6.45) is 3.58. The van der Waals surface area contributed by atoms with E-state index in [9.17, 15) is 0 Å². The molecule has 0 saturated carbocycles. The van der Waals surface area contributed by atoms with Crippen molar-refractivity contribution in [3.8, 4) is 0 Å². The zero-order chi connectivity index (χ0) is 10.8. The second kappa shape index (κ2) is 3.90. The minimum atomic E-state index is 0.539. The Kier molecular flexibility index (Phi) is 2.60. The van der Waals surface area contributed by atoms with E-state index in [2.05, 4.69) is 10.1 Å². The Balaban J connectivity index is 2.26. The molecule has 0 amide bonds. The highest BCUT2D eigenvalue weighted by Gasteiger charge is 2.04. The number of aromatic nitrogens is 3. The maximum absolute atomic E-state index is 5.99. The van der Waals surface area contributed by atoms with Crippen LogP contribution >= 0.6 is 11.6 Å². The molecule has 0 aliphatic rings. The molecule has 0 saturated heterocycles. The average Bonchev–Trinajstić information content (AvgIpc) is 2.50. The minimum absolute atomic E-state index is 0.539. The van der Waals surface area contributed by atoms with Crippen LogP contribution in [0.1, 0.15) is 11.3 Å². The second-order valence-electron chi connectivity index (χ2n) is 3.33. The maximum atomic E-state index is 5.99. The van der Waals surface area contributed by atoms with Gasteiger partial charge in [-0.3, -0.25) is 9.67 Å². The van der Waals surface area contributed by atoms with Gasteiger partial charge < -0.3 is 5.73 Å². The fourth-order valence-corrected chi connectivity index (χ4v) is 1.49. The molecule has 0 radical (unpaired) electrons. The van der Waals surface area contributed by atoms with Gasteiger partial charge in [-0.2, -0.15) is 5.10 Å². The van der Waals surface area contributed by atoms with Gasteiger partial charge in [0, 0.05) is 18.0 Å². The first-order valence-corrected chi connectivity index (χ1v) is 4.93. The number of hydrogen-bond acceptors (Lipinski definition) is 3. The molecule has 2 aromatic heterocycles. The highest BCUT2D eigenvalue weighted by Crippen LogP contribution is 2.14. The first-order valence-electron chi connectivity index (χ1n) is 4.56. The molecule has 0 spiro atoms. The predicted octanol–water partition coefficient (Wildman–Crippen LogP) is 1.87. The lowest BCUT2D eigenvalue weighted by molar-refractivity contribution is 0.675. The standard InChI is InChI=1S/C10H11ClN4/c1-7-5-15(14-10(7)12)6-9-8(11)3-2-4-13-9/h2-5H,6H2,1H3,(H2,12,14). The molecular weight excluding hydrogens is 212 g/mol. The summed E-state index contributed by atoms with van der Waals surface area (Å²) < 4.78 is 1.74. The van der Waals surface area contributed by atoms with Crippen molar-refractivity contribution in [3.63, 3.8) is 0 Å². The van der Waals surface area contributed by atoms with Crippen LogP contribution < -0.4 is 5.73 Å². The molecule has 0 atom stereocenters. The third-order valence-electron chi connectivity index (χ3n) is 2.13. The number of hydrogen-bond donors (Lipinski definition) is 1. The summed E-state index contributed by atoms with van der Waals surface area (Å²) in [6, 6.07) is 3.61. The molecule has 2 N–H and O–H groups in total. The molecule has 2 heterocycles. The Morgan fingerprint density at radius 3 is 2.93 bits per heavy atom. The molecule has 0 aliphatic heterocycles. The quantitative estimate of drug-likeness (QED) is 0.844. The van der Waals surface area contributed by atoms with Crippen molar-refractivity contribution in [2.45, 2.75) is 13.5 Å². The van der Waals surface area contributed by atoms with E-state index in [4.69, 9.17) is 17.3 Å². The minimum Gasteiger partial charge on any atom is -0.382 e. The molecule has 2 rings (SSSR count). The highest BCUT2D eigenvalue weighted by atomic mass is 35.5. The largest absolute Gasteiger partial charge is 0.382 e. The van der Waals surface area contributed by atoms with Crippen LogP contribution in [0.15, 0.2) is 24.5 Å². The summed E-state index contributed by atoms with van der Waals surface area (Å²) >= 11 is 5.99. The van der Waals surface area contributed by atoms with Gasteiger partial charge in [-0.1, -0.05) is 11.6 Å². The van der Waals surface area contributed by atoms with E-state index in [0.717, 1.165) is 11.3 Å². The van der Waals surface area contributed by atoms with Gasteiger partial charge in [0.1, 0.15) is 5.82 Å². The number of aryl methyl sites for hydroxylation is 1. The Morgan fingerprint density at radius 2 is 2.33 bits per heavy atom. The first kappa shape index (κ1) is 9.98. The third kappa shape index (κ3) is 2.10. The number of anilines is 1. The van der Waals surface area contributed by atoms with Crippen molar-refractivity contribution in [2.75, 3.05) is 5.73 Å². The zero-order valence-corrected chi connectivity index (χ0v) is 9.07. The molecule has 0 aromatic carbocycles. The summed E-state index contributed by atoms with van der Waals surface area (Å²) in [4.78, 5) is 4.18. The number of nitrogens with zero attached hydrogens (tertiary/aromatic N) is 3. The predicted molar refractivity (Wildman–Crippen MR) is 59.7 cm³/mol. The molecule has 0 unspecified atom stereocenters. The maximum Gasteiger partial charge on any atom is 0.148 e. The summed E-state index contributed by atoms with van der Waals surface area (Å²) in [5.41, 5.74) is 7.40. The first-order chi connectivity index (χ1) is 7.16. The second-order valence-corrected chi connectivity index (χ2v) is 3.73. The Morgan fingerprint density at radius 1 is 1.53 bits per heavy atom. The van der Waals surface area contributed by atoms with Crippen LogP contribution in [-0.4, -0.2) is 14.8 Å². The van der Waals surface area contributed by atoms with Gasteiger partial charge >= 0.3 is 0 Å². The molecule has 15 heavy (non-hydrogen) atoms. The normalized spacial score (nSPS) is 10.5. The summed E-state index contributed by atoms with van der Waals surface area (Å²) in [5, 5.41) is 4.79. The molecule has 0 bridgehead atoms. The van der Waals surface area contributed by atoms with Crippen LogP contribution in [0.5, 0.6) is 0 Å². The van der Waals surface area contributed by atoms with E-state index < -0.39 is 0 Å². The van der Waals surface area contributed by atoms with Crippen molar-refractivity contribution in [2.24, 2.45) is 0 Å². The fraction of sp³-hybridized carbons (Fsp3) is 0.200.